The topological polar surface area (TPSA) is 16.4 Å². The maximum atomic E-state index is 6.30. The van der Waals surface area contributed by atoms with E-state index in [-0.39, 0.29) is 5.41 Å². The highest BCUT2D eigenvalue weighted by Gasteiger charge is 2.51. The van der Waals surface area contributed by atoms with E-state index in [1.54, 1.807) is 0 Å². The molecule has 0 fully saturated rings. The van der Waals surface area contributed by atoms with E-state index in [1.807, 2.05) is 6.07 Å². The number of anilines is 3. The molecule has 3 aliphatic carbocycles. The summed E-state index contributed by atoms with van der Waals surface area (Å²) in [6, 6.07) is 74.4. The number of fused-ring (bicyclic) bond motifs is 16. The van der Waals surface area contributed by atoms with E-state index in [2.05, 4.69) is 213 Å². The highest BCUT2D eigenvalue weighted by Crippen LogP contribution is 2.63. The maximum absolute atomic E-state index is 6.30. The summed E-state index contributed by atoms with van der Waals surface area (Å²) in [5.41, 5.74) is 22.8. The van der Waals surface area contributed by atoms with Crippen molar-refractivity contribution in [1.82, 2.24) is 0 Å². The molecule has 1 heterocycles. The molecule has 282 valence electrons. The summed E-state index contributed by atoms with van der Waals surface area (Å²) in [6.07, 6.45) is 0. The van der Waals surface area contributed by atoms with Crippen LogP contribution in [0.15, 0.2) is 205 Å². The lowest BCUT2D eigenvalue weighted by Gasteiger charge is -2.33. The van der Waals surface area contributed by atoms with Crippen LogP contribution in [0.3, 0.4) is 0 Å². The van der Waals surface area contributed by atoms with Crippen LogP contribution in [0.2, 0.25) is 0 Å². The van der Waals surface area contributed by atoms with Crippen LogP contribution >= 0.6 is 0 Å². The molecular formula is C58H39NO. The maximum Gasteiger partial charge on any atom is 0.135 e. The van der Waals surface area contributed by atoms with Gasteiger partial charge < -0.3 is 9.32 Å². The lowest BCUT2D eigenvalue weighted by Crippen LogP contribution is -2.26. The number of hydrogen-bond donors (Lipinski definition) is 0. The Morgan fingerprint density at radius 1 is 0.350 bits per heavy atom. The molecule has 1 spiro atoms. The van der Waals surface area contributed by atoms with Gasteiger partial charge in [0.05, 0.1) is 11.1 Å². The average Bonchev–Trinajstić information content (AvgIpc) is 3.98. The molecule has 0 radical (unpaired) electrons. The zero-order chi connectivity index (χ0) is 39.7. The number of rotatable bonds is 4. The zero-order valence-electron chi connectivity index (χ0n) is 33.4. The van der Waals surface area contributed by atoms with Gasteiger partial charge in [-0.3, -0.25) is 0 Å². The van der Waals surface area contributed by atoms with E-state index in [9.17, 15) is 0 Å². The highest BCUT2D eigenvalue weighted by atomic mass is 16.3. The molecule has 10 aromatic rings. The van der Waals surface area contributed by atoms with Crippen molar-refractivity contribution >= 4 is 39.0 Å². The predicted octanol–water partition coefficient (Wildman–Crippen LogP) is 15.4. The summed E-state index contributed by atoms with van der Waals surface area (Å²) in [5, 5.41) is 2.25. The second-order valence-electron chi connectivity index (χ2n) is 17.2. The molecule has 0 bridgehead atoms. The van der Waals surface area contributed by atoms with E-state index >= 15 is 0 Å². The third kappa shape index (κ3) is 4.32. The van der Waals surface area contributed by atoms with Crippen molar-refractivity contribution in [2.45, 2.75) is 24.7 Å². The van der Waals surface area contributed by atoms with Gasteiger partial charge in [0.2, 0.25) is 0 Å². The fraction of sp³-hybridized carbons (Fsp3) is 0.0690. The molecule has 2 heteroatoms. The molecule has 60 heavy (non-hydrogen) atoms. The largest absolute Gasteiger partial charge is 0.456 e. The van der Waals surface area contributed by atoms with Gasteiger partial charge in [0.25, 0.3) is 0 Å². The Morgan fingerprint density at radius 3 is 1.47 bits per heavy atom. The monoisotopic (exact) mass is 765 g/mol. The van der Waals surface area contributed by atoms with Gasteiger partial charge in [-0.15, -0.1) is 0 Å². The van der Waals surface area contributed by atoms with Crippen molar-refractivity contribution in [3.63, 3.8) is 0 Å². The smallest absolute Gasteiger partial charge is 0.135 e. The normalized spacial score (nSPS) is 14.4. The molecule has 0 amide bonds. The Hall–Kier alpha value is -7.42. The molecule has 0 atom stereocenters. The third-order valence-corrected chi connectivity index (χ3v) is 13.9. The van der Waals surface area contributed by atoms with Crippen LogP contribution < -0.4 is 4.90 Å². The molecule has 3 aliphatic rings. The van der Waals surface area contributed by atoms with Gasteiger partial charge in [-0.05, 0) is 121 Å². The lowest BCUT2D eigenvalue weighted by atomic mass is 9.70. The first kappa shape index (κ1) is 33.5. The Bertz CT molecular complexity index is 3370. The van der Waals surface area contributed by atoms with Crippen LogP contribution in [0.25, 0.3) is 66.4 Å². The van der Waals surface area contributed by atoms with Crippen LogP contribution in [-0.4, -0.2) is 0 Å². The minimum absolute atomic E-state index is 0.151. The number of hydrogen-bond acceptors (Lipinski definition) is 2. The van der Waals surface area contributed by atoms with Crippen molar-refractivity contribution in [3.05, 3.63) is 234 Å². The van der Waals surface area contributed by atoms with E-state index in [0.717, 1.165) is 50.1 Å². The Labute approximate surface area is 349 Å². The molecule has 0 N–H and O–H groups in total. The minimum Gasteiger partial charge on any atom is -0.456 e. The molecule has 13 rings (SSSR count). The summed E-state index contributed by atoms with van der Waals surface area (Å²) in [4.78, 5) is 2.51. The summed E-state index contributed by atoms with van der Waals surface area (Å²) >= 11 is 0. The van der Waals surface area contributed by atoms with Gasteiger partial charge >= 0.3 is 0 Å². The summed E-state index contributed by atoms with van der Waals surface area (Å²) in [6.45, 7) is 4.74. The van der Waals surface area contributed by atoms with Gasteiger partial charge in [0.1, 0.15) is 11.2 Å². The first-order chi connectivity index (χ1) is 29.5. The molecule has 2 nitrogen and oxygen atoms in total. The molecular weight excluding hydrogens is 727 g/mol. The first-order valence-electron chi connectivity index (χ1n) is 21.0. The van der Waals surface area contributed by atoms with E-state index in [0.29, 0.717) is 0 Å². The zero-order valence-corrected chi connectivity index (χ0v) is 33.4. The molecule has 0 aliphatic heterocycles. The molecule has 9 aromatic carbocycles. The quantitative estimate of drug-likeness (QED) is 0.177. The number of nitrogens with zero attached hydrogens (tertiary/aromatic N) is 1. The first-order valence-corrected chi connectivity index (χ1v) is 21.0. The Morgan fingerprint density at radius 2 is 0.817 bits per heavy atom. The Kier molecular flexibility index (Phi) is 6.74. The predicted molar refractivity (Wildman–Crippen MR) is 248 cm³/mol. The van der Waals surface area contributed by atoms with E-state index in [1.165, 1.54) is 66.8 Å². The summed E-state index contributed by atoms with van der Waals surface area (Å²) in [7, 11) is 0. The molecule has 0 saturated carbocycles. The number of para-hydroxylation sites is 2. The van der Waals surface area contributed by atoms with Crippen LogP contribution in [0, 0.1) is 0 Å². The third-order valence-electron chi connectivity index (χ3n) is 13.9. The van der Waals surface area contributed by atoms with Crippen LogP contribution in [0.1, 0.15) is 47.2 Å². The molecule has 0 unspecified atom stereocenters. The van der Waals surface area contributed by atoms with Crippen LogP contribution in [-0.2, 0) is 10.8 Å². The van der Waals surface area contributed by atoms with Gasteiger partial charge in [-0.2, -0.15) is 0 Å². The Balaban J connectivity index is 1.08. The fourth-order valence-electron chi connectivity index (χ4n) is 11.3. The number of furan rings is 1. The fourth-order valence-corrected chi connectivity index (χ4v) is 11.3. The van der Waals surface area contributed by atoms with Gasteiger partial charge in [0.15, 0.2) is 0 Å². The summed E-state index contributed by atoms with van der Waals surface area (Å²) < 4.78 is 6.30. The SMILES string of the molecule is CC1(C)c2ccccc2-c2ccc(N(c3ccc4c(c3)C3(c5ccccc5-c5ccccc53)c3ccccc3-4)c3ccccc3-c3ccc4oc5ccccc5c4c3)cc21. The van der Waals surface area contributed by atoms with E-state index in [4.69, 9.17) is 4.42 Å². The van der Waals surface area contributed by atoms with Gasteiger partial charge in [-0.25, -0.2) is 0 Å². The highest BCUT2D eigenvalue weighted by molar-refractivity contribution is 6.07. The number of benzene rings is 9. The van der Waals surface area contributed by atoms with Crippen molar-refractivity contribution in [2.75, 3.05) is 4.90 Å². The van der Waals surface area contributed by atoms with E-state index < -0.39 is 5.41 Å². The molecule has 1 aromatic heterocycles. The average molecular weight is 766 g/mol. The van der Waals surface area contributed by atoms with Gasteiger partial charge in [-0.1, -0.05) is 166 Å². The standard InChI is InChI=1S/C58H39NO/c1-57(2)48-21-9-3-16-40(48)44-30-28-37(34-52(44)57)59(54-25-13-7-15-39(54)36-27-32-56-47(33-36)46-20-8-14-26-55(46)60-56)38-29-31-45-43-19-6-12-24-51(43)58(53(45)35-38)49-22-10-4-17-41(49)42-18-5-11-23-50(42)58/h3-35H,1-2H3. The minimum atomic E-state index is -0.449. The van der Waals surface area contributed by atoms with Crippen LogP contribution in [0.5, 0.6) is 0 Å². The van der Waals surface area contributed by atoms with Gasteiger partial charge in [0, 0.05) is 33.1 Å². The lowest BCUT2D eigenvalue weighted by molar-refractivity contribution is 0.660. The second kappa shape index (κ2) is 12.1. The molecule has 0 saturated heterocycles. The summed E-state index contributed by atoms with van der Waals surface area (Å²) in [5.74, 6) is 0. The van der Waals surface area contributed by atoms with Crippen LogP contribution in [0.4, 0.5) is 17.1 Å². The second-order valence-corrected chi connectivity index (χ2v) is 17.2. The van der Waals surface area contributed by atoms with Crippen molar-refractivity contribution in [1.29, 1.82) is 0 Å². The van der Waals surface area contributed by atoms with Crippen molar-refractivity contribution in [3.8, 4) is 44.5 Å². The van der Waals surface area contributed by atoms with Crippen molar-refractivity contribution < 1.29 is 4.42 Å². The van der Waals surface area contributed by atoms with Crippen molar-refractivity contribution in [2.24, 2.45) is 0 Å².